The largest absolute Gasteiger partial charge is 0.273 e. The van der Waals surface area contributed by atoms with Crippen LogP contribution in [0.25, 0.3) is 0 Å². The van der Waals surface area contributed by atoms with Gasteiger partial charge in [0.25, 0.3) is 0 Å². The number of rotatable bonds is 1. The van der Waals surface area contributed by atoms with Crippen molar-refractivity contribution in [3.63, 3.8) is 0 Å². The maximum atomic E-state index is 11.1. The SMILES string of the molecule is C=C1C(C)=NN(c2ccccc2)C1=NC(C)=O. The maximum Gasteiger partial charge on any atom is 0.244 e. The van der Waals surface area contributed by atoms with E-state index >= 15 is 0 Å². The van der Waals surface area contributed by atoms with Crippen LogP contribution in [0.1, 0.15) is 13.8 Å². The summed E-state index contributed by atoms with van der Waals surface area (Å²) >= 11 is 0. The Morgan fingerprint density at radius 3 is 2.59 bits per heavy atom. The zero-order valence-electron chi connectivity index (χ0n) is 9.84. The van der Waals surface area contributed by atoms with Crippen molar-refractivity contribution in [3.05, 3.63) is 42.5 Å². The second-order valence-electron chi connectivity index (χ2n) is 3.77. The van der Waals surface area contributed by atoms with Gasteiger partial charge >= 0.3 is 0 Å². The Morgan fingerprint density at radius 1 is 1.35 bits per heavy atom. The highest BCUT2D eigenvalue weighted by Crippen LogP contribution is 2.23. The van der Waals surface area contributed by atoms with Gasteiger partial charge in [-0.1, -0.05) is 24.8 Å². The Hall–Kier alpha value is -2.23. The monoisotopic (exact) mass is 227 g/mol. The lowest BCUT2D eigenvalue weighted by Crippen LogP contribution is -2.22. The Labute approximate surface area is 100.0 Å². The number of amides is 1. The molecule has 1 aromatic carbocycles. The first-order chi connectivity index (χ1) is 8.09. The predicted octanol–water partition coefficient (Wildman–Crippen LogP) is 2.38. The number of anilines is 1. The highest BCUT2D eigenvalue weighted by molar-refractivity contribution is 6.32. The second-order valence-corrected chi connectivity index (χ2v) is 3.77. The summed E-state index contributed by atoms with van der Waals surface area (Å²) in [4.78, 5) is 15.1. The van der Waals surface area contributed by atoms with E-state index in [2.05, 4.69) is 16.7 Å². The van der Waals surface area contributed by atoms with Crippen molar-refractivity contribution in [3.8, 4) is 0 Å². The van der Waals surface area contributed by atoms with Crippen LogP contribution in [0, 0.1) is 0 Å². The van der Waals surface area contributed by atoms with E-state index in [4.69, 9.17) is 0 Å². The first-order valence-electron chi connectivity index (χ1n) is 5.29. The Morgan fingerprint density at radius 2 is 2.00 bits per heavy atom. The molecule has 0 fully saturated rings. The molecule has 0 N–H and O–H groups in total. The molecule has 0 radical (unpaired) electrons. The first kappa shape index (κ1) is 11.3. The van der Waals surface area contributed by atoms with Crippen LogP contribution in [-0.4, -0.2) is 17.5 Å². The summed E-state index contributed by atoms with van der Waals surface area (Å²) in [5.74, 6) is 0.244. The summed E-state index contributed by atoms with van der Waals surface area (Å²) in [6.45, 7) is 7.15. The molecule has 2 rings (SSSR count). The topological polar surface area (TPSA) is 45.0 Å². The number of hydrogen-bond donors (Lipinski definition) is 0. The summed E-state index contributed by atoms with van der Waals surface area (Å²) in [5.41, 5.74) is 2.32. The number of nitrogens with zero attached hydrogens (tertiary/aromatic N) is 3. The molecular formula is C13H13N3O. The van der Waals surface area contributed by atoms with E-state index in [0.29, 0.717) is 11.4 Å². The molecule has 0 spiro atoms. The fourth-order valence-electron chi connectivity index (χ4n) is 1.56. The second kappa shape index (κ2) is 4.33. The number of amidine groups is 1. The zero-order chi connectivity index (χ0) is 12.4. The van der Waals surface area contributed by atoms with Gasteiger partial charge < -0.3 is 0 Å². The normalized spacial score (nSPS) is 17.5. The molecule has 0 atom stereocenters. The van der Waals surface area contributed by atoms with Gasteiger partial charge in [0.2, 0.25) is 5.91 Å². The van der Waals surface area contributed by atoms with Crippen LogP contribution in [0.5, 0.6) is 0 Å². The van der Waals surface area contributed by atoms with E-state index < -0.39 is 0 Å². The van der Waals surface area contributed by atoms with Crippen LogP contribution in [0.15, 0.2) is 52.6 Å². The maximum absolute atomic E-state index is 11.1. The smallest absolute Gasteiger partial charge is 0.244 e. The number of hydrogen-bond acceptors (Lipinski definition) is 2. The number of para-hydroxylation sites is 1. The molecule has 0 bridgehead atoms. The third-order valence-electron chi connectivity index (χ3n) is 2.42. The average molecular weight is 227 g/mol. The molecule has 17 heavy (non-hydrogen) atoms. The van der Waals surface area contributed by atoms with Gasteiger partial charge in [-0.25, -0.2) is 5.01 Å². The van der Waals surface area contributed by atoms with Crippen LogP contribution < -0.4 is 5.01 Å². The average Bonchev–Trinajstić information content (AvgIpc) is 2.58. The third kappa shape index (κ3) is 2.15. The molecule has 0 saturated carbocycles. The molecule has 86 valence electrons. The molecule has 1 aromatic rings. The molecule has 0 unspecified atom stereocenters. The standard InChI is InChI=1S/C13H13N3O/c1-9-10(2)15-16(13(9)14-11(3)17)12-7-5-4-6-8-12/h4-8H,1H2,2-3H3. The fourth-order valence-corrected chi connectivity index (χ4v) is 1.56. The molecule has 1 aliphatic rings. The van der Waals surface area contributed by atoms with Crippen molar-refractivity contribution in [2.45, 2.75) is 13.8 Å². The van der Waals surface area contributed by atoms with Gasteiger partial charge in [-0.15, -0.1) is 0 Å². The molecule has 4 heteroatoms. The summed E-state index contributed by atoms with van der Waals surface area (Å²) in [5, 5.41) is 5.98. The lowest BCUT2D eigenvalue weighted by molar-refractivity contribution is -0.115. The van der Waals surface area contributed by atoms with Crippen molar-refractivity contribution in [1.29, 1.82) is 0 Å². The van der Waals surface area contributed by atoms with E-state index in [-0.39, 0.29) is 5.91 Å². The number of aliphatic imine (C=N–C) groups is 1. The zero-order valence-corrected chi connectivity index (χ0v) is 9.84. The molecular weight excluding hydrogens is 214 g/mol. The fraction of sp³-hybridized carbons (Fsp3) is 0.154. The van der Waals surface area contributed by atoms with Gasteiger partial charge in [0.1, 0.15) is 0 Å². The van der Waals surface area contributed by atoms with Crippen molar-refractivity contribution in [2.24, 2.45) is 10.1 Å². The van der Waals surface area contributed by atoms with Crippen LogP contribution in [-0.2, 0) is 4.79 Å². The molecule has 4 nitrogen and oxygen atoms in total. The summed E-state index contributed by atoms with van der Waals surface area (Å²) in [6.07, 6.45) is 0. The van der Waals surface area contributed by atoms with Crippen molar-refractivity contribution < 1.29 is 4.79 Å². The third-order valence-corrected chi connectivity index (χ3v) is 2.42. The lowest BCUT2D eigenvalue weighted by Gasteiger charge is -2.14. The highest BCUT2D eigenvalue weighted by Gasteiger charge is 2.25. The summed E-state index contributed by atoms with van der Waals surface area (Å²) in [6, 6.07) is 9.56. The molecule has 0 aliphatic carbocycles. The van der Waals surface area contributed by atoms with Gasteiger partial charge in [-0.2, -0.15) is 10.1 Å². The Balaban J connectivity index is 2.46. The van der Waals surface area contributed by atoms with E-state index in [1.165, 1.54) is 6.92 Å². The minimum atomic E-state index is -0.257. The van der Waals surface area contributed by atoms with E-state index in [0.717, 1.165) is 11.4 Å². The number of hydrazone groups is 1. The van der Waals surface area contributed by atoms with Crippen LogP contribution in [0.2, 0.25) is 0 Å². The molecule has 0 aromatic heterocycles. The summed E-state index contributed by atoms with van der Waals surface area (Å²) in [7, 11) is 0. The molecule has 1 amide bonds. The molecule has 0 saturated heterocycles. The number of carbonyl (C=O) groups excluding carboxylic acids is 1. The van der Waals surface area contributed by atoms with Crippen LogP contribution >= 0.6 is 0 Å². The van der Waals surface area contributed by atoms with Gasteiger partial charge in [-0.3, -0.25) is 4.79 Å². The van der Waals surface area contributed by atoms with Crippen LogP contribution in [0.3, 0.4) is 0 Å². The number of benzene rings is 1. The van der Waals surface area contributed by atoms with Crippen molar-refractivity contribution >= 4 is 23.1 Å². The summed E-state index contributed by atoms with van der Waals surface area (Å²) < 4.78 is 0. The minimum absolute atomic E-state index is 0.257. The minimum Gasteiger partial charge on any atom is -0.273 e. The Bertz CT molecular complexity index is 529. The van der Waals surface area contributed by atoms with Crippen molar-refractivity contribution in [2.75, 3.05) is 5.01 Å². The first-order valence-corrected chi connectivity index (χ1v) is 5.29. The van der Waals surface area contributed by atoms with Gasteiger partial charge in [0.15, 0.2) is 5.84 Å². The quantitative estimate of drug-likeness (QED) is 0.739. The van der Waals surface area contributed by atoms with Crippen LogP contribution in [0.4, 0.5) is 5.69 Å². The van der Waals surface area contributed by atoms with Gasteiger partial charge in [0.05, 0.1) is 11.4 Å². The van der Waals surface area contributed by atoms with Gasteiger partial charge in [0, 0.05) is 12.5 Å². The molecule has 1 aliphatic heterocycles. The highest BCUT2D eigenvalue weighted by atomic mass is 16.1. The predicted molar refractivity (Wildman–Crippen MR) is 69.3 cm³/mol. The van der Waals surface area contributed by atoms with Crippen molar-refractivity contribution in [1.82, 2.24) is 0 Å². The van der Waals surface area contributed by atoms with E-state index in [1.807, 2.05) is 37.3 Å². The number of carbonyl (C=O) groups is 1. The van der Waals surface area contributed by atoms with E-state index in [1.54, 1.807) is 5.01 Å². The molecule has 1 heterocycles. The van der Waals surface area contributed by atoms with Gasteiger partial charge in [-0.05, 0) is 19.1 Å². The van der Waals surface area contributed by atoms with E-state index in [9.17, 15) is 4.79 Å². The Kier molecular flexibility index (Phi) is 2.87. The lowest BCUT2D eigenvalue weighted by atomic mass is 10.2.